The highest BCUT2D eigenvalue weighted by Gasteiger charge is 2.32. The highest BCUT2D eigenvalue weighted by Crippen LogP contribution is 2.29. The second-order valence-corrected chi connectivity index (χ2v) is 4.65. The summed E-state index contributed by atoms with van der Waals surface area (Å²) in [6.45, 7) is 2.71. The van der Waals surface area contributed by atoms with Crippen molar-refractivity contribution in [3.8, 4) is 11.1 Å². The van der Waals surface area contributed by atoms with Crippen molar-refractivity contribution in [3.63, 3.8) is 0 Å². The molecule has 2 aromatic rings. The lowest BCUT2D eigenvalue weighted by molar-refractivity contribution is -0.141. The summed E-state index contributed by atoms with van der Waals surface area (Å²) in [6.07, 6.45) is -2.63. The number of alkyl halides is 3. The smallest absolute Gasteiger partial charge is 0.377 e. The van der Waals surface area contributed by atoms with Crippen molar-refractivity contribution in [1.82, 2.24) is 4.98 Å². The van der Waals surface area contributed by atoms with Gasteiger partial charge < -0.3 is 4.74 Å². The van der Waals surface area contributed by atoms with Crippen LogP contribution in [-0.4, -0.2) is 17.9 Å². The van der Waals surface area contributed by atoms with E-state index in [0.717, 1.165) is 17.8 Å². The van der Waals surface area contributed by atoms with E-state index in [1.54, 1.807) is 18.2 Å². The molecule has 1 aromatic carbocycles. The van der Waals surface area contributed by atoms with E-state index in [1.807, 2.05) is 6.92 Å². The van der Waals surface area contributed by atoms with Crippen LogP contribution in [0.25, 0.3) is 11.1 Å². The minimum Gasteiger partial charge on any atom is -0.377 e. The molecule has 22 heavy (non-hydrogen) atoms. The number of pyridine rings is 1. The normalized spacial score (nSPS) is 11.5. The molecule has 0 saturated heterocycles. The maximum Gasteiger partial charge on any atom is 0.433 e. The Kier molecular flexibility index (Phi) is 4.92. The third-order valence-electron chi connectivity index (χ3n) is 3.01. The zero-order valence-corrected chi connectivity index (χ0v) is 11.9. The zero-order chi connectivity index (χ0) is 16.2. The second-order valence-electron chi connectivity index (χ2n) is 4.65. The Labute approximate surface area is 125 Å². The van der Waals surface area contributed by atoms with Crippen LogP contribution in [0.1, 0.15) is 28.5 Å². The molecule has 0 spiro atoms. The number of aromatic nitrogens is 1. The molecule has 2 rings (SSSR count). The molecular weight excluding hydrogens is 295 g/mol. The summed E-state index contributed by atoms with van der Waals surface area (Å²) in [5.41, 5.74) is 1.40. The molecule has 0 fully saturated rings. The average molecular weight is 309 g/mol. The van der Waals surface area contributed by atoms with Crippen LogP contribution in [0.4, 0.5) is 13.2 Å². The Morgan fingerprint density at radius 1 is 1.18 bits per heavy atom. The summed E-state index contributed by atoms with van der Waals surface area (Å²) >= 11 is 0. The molecule has 0 aliphatic heterocycles. The maximum absolute atomic E-state index is 12.5. The van der Waals surface area contributed by atoms with Gasteiger partial charge in [-0.05, 0) is 42.3 Å². The lowest BCUT2D eigenvalue weighted by Crippen LogP contribution is -2.07. The topological polar surface area (TPSA) is 39.2 Å². The molecule has 1 aromatic heterocycles. The van der Waals surface area contributed by atoms with Gasteiger partial charge in [-0.3, -0.25) is 9.78 Å². The summed E-state index contributed by atoms with van der Waals surface area (Å²) in [5, 5.41) is 0. The number of ether oxygens (including phenoxy) is 1. The Hall–Kier alpha value is -2.21. The number of halogens is 3. The van der Waals surface area contributed by atoms with Crippen LogP contribution in [0.2, 0.25) is 0 Å². The van der Waals surface area contributed by atoms with Gasteiger partial charge in [-0.25, -0.2) is 0 Å². The van der Waals surface area contributed by atoms with Crippen molar-refractivity contribution in [3.05, 3.63) is 53.3 Å². The van der Waals surface area contributed by atoms with Gasteiger partial charge >= 0.3 is 6.18 Å². The van der Waals surface area contributed by atoms with Crippen LogP contribution >= 0.6 is 0 Å². The van der Waals surface area contributed by atoms with Crippen LogP contribution in [0, 0.1) is 0 Å². The van der Waals surface area contributed by atoms with Gasteiger partial charge in [-0.15, -0.1) is 0 Å². The van der Waals surface area contributed by atoms with Crippen LogP contribution in [0.3, 0.4) is 0 Å². The number of hydrogen-bond acceptors (Lipinski definition) is 3. The standard InChI is InChI=1S/C16H14F3NO2/c1-2-22-10-12-5-11(9-21)6-14(7-12)13-3-4-15(20-8-13)16(17,18)19/h3-9H,2,10H2,1H3. The largest absolute Gasteiger partial charge is 0.433 e. The monoisotopic (exact) mass is 309 g/mol. The predicted molar refractivity (Wildman–Crippen MR) is 75.4 cm³/mol. The number of carbonyl (C=O) groups excluding carboxylic acids is 1. The molecule has 1 heterocycles. The van der Waals surface area contributed by atoms with Gasteiger partial charge in [0.05, 0.1) is 6.61 Å². The van der Waals surface area contributed by atoms with Crippen LogP contribution in [0.5, 0.6) is 0 Å². The molecule has 0 aliphatic rings. The third-order valence-corrected chi connectivity index (χ3v) is 3.01. The van der Waals surface area contributed by atoms with Crippen molar-refractivity contribution in [2.75, 3.05) is 6.61 Å². The molecule has 6 heteroatoms. The Bertz CT molecular complexity index is 651. The predicted octanol–water partition coefficient (Wildman–Crippen LogP) is 4.12. The number of rotatable bonds is 5. The van der Waals surface area contributed by atoms with Gasteiger partial charge in [-0.1, -0.05) is 6.07 Å². The van der Waals surface area contributed by atoms with Gasteiger partial charge in [0.25, 0.3) is 0 Å². The van der Waals surface area contributed by atoms with Crippen LogP contribution in [-0.2, 0) is 17.5 Å². The highest BCUT2D eigenvalue weighted by molar-refractivity contribution is 5.79. The molecule has 0 radical (unpaired) electrons. The number of nitrogens with zero attached hydrogens (tertiary/aromatic N) is 1. The summed E-state index contributed by atoms with van der Waals surface area (Å²) in [7, 11) is 0. The molecule has 0 saturated carbocycles. The van der Waals surface area contributed by atoms with Gasteiger partial charge in [-0.2, -0.15) is 13.2 Å². The van der Waals surface area contributed by atoms with Gasteiger partial charge in [0.2, 0.25) is 0 Å². The summed E-state index contributed by atoms with van der Waals surface area (Å²) < 4.78 is 42.8. The first-order valence-electron chi connectivity index (χ1n) is 6.64. The minimum absolute atomic E-state index is 0.333. The Morgan fingerprint density at radius 2 is 1.95 bits per heavy atom. The molecular formula is C16H14F3NO2. The van der Waals surface area contributed by atoms with E-state index in [9.17, 15) is 18.0 Å². The van der Waals surface area contributed by atoms with Gasteiger partial charge in [0.15, 0.2) is 0 Å². The molecule has 0 atom stereocenters. The fourth-order valence-electron chi connectivity index (χ4n) is 1.99. The van der Waals surface area contributed by atoms with Crippen molar-refractivity contribution < 1.29 is 22.7 Å². The molecule has 0 N–H and O–H groups in total. The fourth-order valence-corrected chi connectivity index (χ4v) is 1.99. The summed E-state index contributed by atoms with van der Waals surface area (Å²) in [6, 6.07) is 7.32. The van der Waals surface area contributed by atoms with Crippen molar-refractivity contribution in [2.24, 2.45) is 0 Å². The van der Waals surface area contributed by atoms with E-state index in [0.29, 0.717) is 36.2 Å². The van der Waals surface area contributed by atoms with Crippen molar-refractivity contribution >= 4 is 6.29 Å². The fraction of sp³-hybridized carbons (Fsp3) is 0.250. The van der Waals surface area contributed by atoms with Gasteiger partial charge in [0, 0.05) is 23.9 Å². The van der Waals surface area contributed by atoms with Crippen molar-refractivity contribution in [2.45, 2.75) is 19.7 Å². The molecule has 3 nitrogen and oxygen atoms in total. The lowest BCUT2D eigenvalue weighted by Gasteiger charge is -2.09. The molecule has 0 amide bonds. The minimum atomic E-state index is -4.47. The Morgan fingerprint density at radius 3 is 2.50 bits per heavy atom. The number of carbonyl (C=O) groups is 1. The number of benzene rings is 1. The van der Waals surface area contributed by atoms with E-state index >= 15 is 0 Å². The first-order chi connectivity index (χ1) is 10.4. The molecule has 116 valence electrons. The maximum atomic E-state index is 12.5. The molecule has 0 aliphatic carbocycles. The molecule has 0 bridgehead atoms. The Balaban J connectivity index is 2.36. The second kappa shape index (κ2) is 6.70. The van der Waals surface area contributed by atoms with E-state index in [-0.39, 0.29) is 0 Å². The summed E-state index contributed by atoms with van der Waals surface area (Å²) in [5.74, 6) is 0. The first-order valence-corrected chi connectivity index (χ1v) is 6.64. The quantitative estimate of drug-likeness (QED) is 0.780. The van der Waals surface area contributed by atoms with Crippen LogP contribution in [0.15, 0.2) is 36.5 Å². The van der Waals surface area contributed by atoms with Crippen LogP contribution < -0.4 is 0 Å². The number of aldehydes is 1. The summed E-state index contributed by atoms with van der Waals surface area (Å²) in [4.78, 5) is 14.4. The van der Waals surface area contributed by atoms with E-state index < -0.39 is 11.9 Å². The first kappa shape index (κ1) is 16.2. The molecule has 0 unspecified atom stereocenters. The SMILES string of the molecule is CCOCc1cc(C=O)cc(-c2ccc(C(F)(F)F)nc2)c1. The third kappa shape index (κ3) is 3.92. The van der Waals surface area contributed by atoms with E-state index in [1.165, 1.54) is 6.07 Å². The van der Waals surface area contributed by atoms with Crippen molar-refractivity contribution in [1.29, 1.82) is 0 Å². The number of hydrogen-bond donors (Lipinski definition) is 0. The highest BCUT2D eigenvalue weighted by atomic mass is 19.4. The van der Waals surface area contributed by atoms with E-state index in [4.69, 9.17) is 4.74 Å². The zero-order valence-electron chi connectivity index (χ0n) is 11.9. The van der Waals surface area contributed by atoms with E-state index in [2.05, 4.69) is 4.98 Å². The lowest BCUT2D eigenvalue weighted by atomic mass is 10.0. The average Bonchev–Trinajstić information content (AvgIpc) is 2.52. The van der Waals surface area contributed by atoms with Gasteiger partial charge in [0.1, 0.15) is 12.0 Å².